The SMILES string of the molecule is CC(CN)N(C)C(=O)c1cc(=O)[nH]c2c(Br)cccc12. The quantitative estimate of drug-likeness (QED) is 0.894. The molecule has 0 spiro atoms. The second-order valence-corrected chi connectivity index (χ2v) is 5.56. The molecule has 0 fully saturated rings. The smallest absolute Gasteiger partial charge is 0.254 e. The molecule has 20 heavy (non-hydrogen) atoms. The number of nitrogens with two attached hydrogens (primary N) is 1. The predicted octanol–water partition coefficient (Wildman–Crippen LogP) is 1.71. The van der Waals surface area contributed by atoms with E-state index in [0.717, 1.165) is 4.47 Å². The Morgan fingerprint density at radius 2 is 2.20 bits per heavy atom. The van der Waals surface area contributed by atoms with Gasteiger partial charge in [-0.15, -0.1) is 0 Å². The van der Waals surface area contributed by atoms with Gasteiger partial charge in [0.15, 0.2) is 0 Å². The number of likely N-dealkylation sites (N-methyl/N-ethyl adjacent to an activating group) is 1. The molecular weight excluding hydrogens is 322 g/mol. The molecule has 6 heteroatoms. The maximum Gasteiger partial charge on any atom is 0.254 e. The van der Waals surface area contributed by atoms with Gasteiger partial charge in [0, 0.05) is 35.6 Å². The molecule has 0 saturated heterocycles. The Balaban J connectivity index is 2.63. The lowest BCUT2D eigenvalue weighted by molar-refractivity contribution is 0.0750. The van der Waals surface area contributed by atoms with E-state index in [2.05, 4.69) is 20.9 Å². The number of H-pyrrole nitrogens is 1. The minimum Gasteiger partial charge on any atom is -0.338 e. The molecule has 0 aliphatic heterocycles. The molecule has 1 aromatic carbocycles. The third-order valence-corrected chi connectivity index (χ3v) is 4.04. The van der Waals surface area contributed by atoms with Crippen molar-refractivity contribution in [3.63, 3.8) is 0 Å². The number of amides is 1. The Labute approximate surface area is 124 Å². The average molecular weight is 338 g/mol. The Morgan fingerprint density at radius 1 is 1.50 bits per heavy atom. The van der Waals surface area contributed by atoms with E-state index in [0.29, 0.717) is 23.0 Å². The number of benzene rings is 1. The summed E-state index contributed by atoms with van der Waals surface area (Å²) in [5.74, 6) is -0.211. The summed E-state index contributed by atoms with van der Waals surface area (Å²) in [6, 6.07) is 6.69. The van der Waals surface area contributed by atoms with Gasteiger partial charge >= 0.3 is 0 Å². The minimum atomic E-state index is -0.304. The van der Waals surface area contributed by atoms with Crippen molar-refractivity contribution in [2.24, 2.45) is 5.73 Å². The fraction of sp³-hybridized carbons (Fsp3) is 0.286. The lowest BCUT2D eigenvalue weighted by Crippen LogP contribution is -2.40. The molecule has 1 aromatic heterocycles. The van der Waals surface area contributed by atoms with E-state index in [1.807, 2.05) is 25.1 Å². The van der Waals surface area contributed by atoms with E-state index in [9.17, 15) is 9.59 Å². The zero-order valence-electron chi connectivity index (χ0n) is 11.3. The molecule has 0 aliphatic carbocycles. The number of halogens is 1. The third kappa shape index (κ3) is 2.62. The molecule has 3 N–H and O–H groups in total. The van der Waals surface area contributed by atoms with E-state index >= 15 is 0 Å². The molecule has 2 aromatic rings. The number of nitrogens with zero attached hydrogens (tertiary/aromatic N) is 1. The highest BCUT2D eigenvalue weighted by Gasteiger charge is 2.19. The summed E-state index contributed by atoms with van der Waals surface area (Å²) in [6.45, 7) is 2.23. The largest absolute Gasteiger partial charge is 0.338 e. The highest BCUT2D eigenvalue weighted by atomic mass is 79.9. The molecule has 0 saturated carbocycles. The second kappa shape index (κ2) is 5.76. The molecule has 5 nitrogen and oxygen atoms in total. The van der Waals surface area contributed by atoms with Crippen LogP contribution in [-0.2, 0) is 0 Å². The van der Waals surface area contributed by atoms with Crippen LogP contribution in [0.2, 0.25) is 0 Å². The fourth-order valence-corrected chi connectivity index (χ4v) is 2.43. The first-order valence-corrected chi connectivity index (χ1v) is 7.03. The van der Waals surface area contributed by atoms with Gasteiger partial charge in [0.1, 0.15) is 0 Å². The zero-order valence-corrected chi connectivity index (χ0v) is 12.9. The Bertz CT molecular complexity index is 711. The molecule has 1 amide bonds. The van der Waals surface area contributed by atoms with Crippen molar-refractivity contribution < 1.29 is 4.79 Å². The molecule has 106 valence electrons. The van der Waals surface area contributed by atoms with E-state index in [-0.39, 0.29) is 17.5 Å². The number of aromatic nitrogens is 1. The molecule has 1 atom stereocenters. The van der Waals surface area contributed by atoms with Crippen LogP contribution >= 0.6 is 15.9 Å². The van der Waals surface area contributed by atoms with Crippen molar-refractivity contribution in [1.29, 1.82) is 0 Å². The summed E-state index contributed by atoms with van der Waals surface area (Å²) >= 11 is 3.38. The number of aromatic amines is 1. The van der Waals surface area contributed by atoms with Gasteiger partial charge in [-0.1, -0.05) is 12.1 Å². The molecule has 0 radical (unpaired) electrons. The van der Waals surface area contributed by atoms with E-state index in [1.54, 1.807) is 11.9 Å². The molecule has 0 aliphatic rings. The summed E-state index contributed by atoms with van der Waals surface area (Å²) in [4.78, 5) is 28.6. The predicted molar refractivity (Wildman–Crippen MR) is 82.9 cm³/mol. The number of hydrogen-bond acceptors (Lipinski definition) is 3. The van der Waals surface area contributed by atoms with Gasteiger partial charge in [0.2, 0.25) is 5.56 Å². The van der Waals surface area contributed by atoms with Crippen LogP contribution in [0.15, 0.2) is 33.5 Å². The van der Waals surface area contributed by atoms with Crippen LogP contribution in [0.25, 0.3) is 10.9 Å². The van der Waals surface area contributed by atoms with Crippen molar-refractivity contribution in [3.05, 3.63) is 44.7 Å². The Kier molecular flexibility index (Phi) is 4.25. The second-order valence-electron chi connectivity index (χ2n) is 4.71. The van der Waals surface area contributed by atoms with E-state index in [1.165, 1.54) is 6.07 Å². The van der Waals surface area contributed by atoms with Crippen molar-refractivity contribution in [2.45, 2.75) is 13.0 Å². The highest BCUT2D eigenvalue weighted by molar-refractivity contribution is 9.10. The summed E-state index contributed by atoms with van der Waals surface area (Å²) in [7, 11) is 1.69. The number of carbonyl (C=O) groups is 1. The van der Waals surface area contributed by atoms with Crippen molar-refractivity contribution in [3.8, 4) is 0 Å². The summed E-state index contributed by atoms with van der Waals surface area (Å²) in [5, 5.41) is 0.708. The minimum absolute atomic E-state index is 0.0935. The van der Waals surface area contributed by atoms with Gasteiger partial charge < -0.3 is 15.6 Å². The van der Waals surface area contributed by atoms with Crippen LogP contribution in [0.3, 0.4) is 0 Å². The zero-order chi connectivity index (χ0) is 14.9. The maximum atomic E-state index is 12.5. The van der Waals surface area contributed by atoms with E-state index < -0.39 is 0 Å². The molecule has 0 bridgehead atoms. The number of nitrogens with one attached hydrogen (secondary N) is 1. The monoisotopic (exact) mass is 337 g/mol. The van der Waals surface area contributed by atoms with Crippen molar-refractivity contribution in [2.75, 3.05) is 13.6 Å². The number of rotatable bonds is 3. The number of pyridine rings is 1. The summed E-state index contributed by atoms with van der Waals surface area (Å²) in [5.41, 5.74) is 6.29. The fourth-order valence-electron chi connectivity index (χ4n) is 1.97. The van der Waals surface area contributed by atoms with Crippen LogP contribution in [-0.4, -0.2) is 35.4 Å². The first-order valence-electron chi connectivity index (χ1n) is 6.24. The topological polar surface area (TPSA) is 79.2 Å². The Hall–Kier alpha value is -1.66. The first kappa shape index (κ1) is 14.7. The van der Waals surface area contributed by atoms with Gasteiger partial charge in [-0.2, -0.15) is 0 Å². The van der Waals surface area contributed by atoms with Gasteiger partial charge in [0.25, 0.3) is 5.91 Å². The van der Waals surface area contributed by atoms with Crippen LogP contribution < -0.4 is 11.3 Å². The van der Waals surface area contributed by atoms with Crippen molar-refractivity contribution >= 4 is 32.7 Å². The standard InChI is InChI=1S/C14H16BrN3O2/c1-8(7-16)18(2)14(20)10-6-12(19)17-13-9(10)4-3-5-11(13)15/h3-6,8H,7,16H2,1-2H3,(H,17,19). The number of carbonyl (C=O) groups excluding carboxylic acids is 1. The first-order chi connectivity index (χ1) is 9.45. The number of hydrogen-bond donors (Lipinski definition) is 2. The van der Waals surface area contributed by atoms with Gasteiger partial charge in [0.05, 0.1) is 11.1 Å². The maximum absolute atomic E-state index is 12.5. The normalized spacial score (nSPS) is 12.4. The van der Waals surface area contributed by atoms with Crippen LogP contribution in [0.5, 0.6) is 0 Å². The van der Waals surface area contributed by atoms with Crippen LogP contribution in [0.1, 0.15) is 17.3 Å². The number of para-hydroxylation sites is 1. The van der Waals surface area contributed by atoms with Crippen LogP contribution in [0.4, 0.5) is 0 Å². The summed E-state index contributed by atoms with van der Waals surface area (Å²) < 4.78 is 0.747. The third-order valence-electron chi connectivity index (χ3n) is 3.38. The highest BCUT2D eigenvalue weighted by Crippen LogP contribution is 2.24. The summed E-state index contributed by atoms with van der Waals surface area (Å²) in [6.07, 6.45) is 0. The molecule has 1 unspecified atom stereocenters. The molecular formula is C14H16BrN3O2. The van der Waals surface area contributed by atoms with Gasteiger partial charge in [-0.25, -0.2) is 0 Å². The van der Waals surface area contributed by atoms with Gasteiger partial charge in [-0.3, -0.25) is 9.59 Å². The molecule has 1 heterocycles. The lowest BCUT2D eigenvalue weighted by atomic mass is 10.1. The van der Waals surface area contributed by atoms with Crippen molar-refractivity contribution in [1.82, 2.24) is 9.88 Å². The average Bonchev–Trinajstić information content (AvgIpc) is 2.45. The lowest BCUT2D eigenvalue weighted by Gasteiger charge is -2.24. The van der Waals surface area contributed by atoms with E-state index in [4.69, 9.17) is 5.73 Å². The Morgan fingerprint density at radius 3 is 2.85 bits per heavy atom. The number of fused-ring (bicyclic) bond motifs is 1. The van der Waals surface area contributed by atoms with Crippen LogP contribution in [0, 0.1) is 0 Å². The van der Waals surface area contributed by atoms with Gasteiger partial charge in [-0.05, 0) is 28.9 Å². The molecule has 2 rings (SSSR count).